The fraction of sp³-hybridized carbons (Fsp3) is 0.875. The van der Waals surface area contributed by atoms with Crippen molar-refractivity contribution in [2.75, 3.05) is 13.2 Å². The summed E-state index contributed by atoms with van der Waals surface area (Å²) in [4.78, 5) is 19.7. The summed E-state index contributed by atoms with van der Waals surface area (Å²) in [6.07, 6.45) is -0.159. The number of hydrogen-bond donors (Lipinski definition) is 3. The van der Waals surface area contributed by atoms with Crippen LogP contribution in [0, 0.1) is 0 Å². The van der Waals surface area contributed by atoms with Gasteiger partial charge in [-0.3, -0.25) is 4.52 Å². The molecule has 0 aromatic heterocycles. The Bertz CT molecular complexity index is 270. The number of carbonyl (C=O) groups excluding carboxylic acids is 1. The van der Waals surface area contributed by atoms with Gasteiger partial charge in [-0.15, -0.1) is 0 Å². The molecule has 0 heterocycles. The van der Waals surface area contributed by atoms with Crippen LogP contribution in [0.25, 0.3) is 0 Å². The van der Waals surface area contributed by atoms with Crippen LogP contribution in [0.2, 0.25) is 0 Å². The number of nitrogens with one attached hydrogen (secondary N) is 1. The molecule has 0 radical (unpaired) electrons. The lowest BCUT2D eigenvalue weighted by Crippen LogP contribution is -2.33. The van der Waals surface area contributed by atoms with E-state index in [-0.39, 0.29) is 13.2 Å². The van der Waals surface area contributed by atoms with E-state index in [0.29, 0.717) is 6.42 Å². The molecule has 0 aliphatic rings. The van der Waals surface area contributed by atoms with Crippen LogP contribution in [0.3, 0.4) is 0 Å². The molecule has 0 saturated carbocycles. The third kappa shape index (κ3) is 11.5. The Morgan fingerprint density at radius 1 is 1.50 bits per heavy atom. The molecule has 0 bridgehead atoms. The molecule has 0 aromatic rings. The number of rotatable bonds is 5. The second kappa shape index (κ2) is 6.20. The first-order valence-electron chi connectivity index (χ1n) is 4.83. The fourth-order valence-electron chi connectivity index (χ4n) is 0.772. The zero-order valence-electron chi connectivity index (χ0n) is 9.73. The van der Waals surface area contributed by atoms with Crippen molar-refractivity contribution >= 4 is 13.8 Å². The average molecular weight is 254 g/mol. The number of ether oxygens (including phenoxy) is 1. The number of nitrogens with two attached hydrogens (primary N) is 1. The second-order valence-electron chi connectivity index (χ2n) is 4.18. The summed E-state index contributed by atoms with van der Waals surface area (Å²) >= 11 is 0. The molecule has 0 aliphatic heterocycles. The molecule has 8 heteroatoms. The quantitative estimate of drug-likeness (QED) is 0.498. The van der Waals surface area contributed by atoms with E-state index in [2.05, 4.69) is 9.84 Å². The van der Waals surface area contributed by atoms with Crippen LogP contribution in [0.4, 0.5) is 4.79 Å². The maximum atomic E-state index is 11.1. The lowest BCUT2D eigenvalue weighted by atomic mass is 10.2. The summed E-state index contributed by atoms with van der Waals surface area (Å²) in [7, 11) is -3.91. The largest absolute Gasteiger partial charge is 0.444 e. The average Bonchev–Trinajstić information content (AvgIpc) is 1.97. The third-order valence-electron chi connectivity index (χ3n) is 1.27. The molecule has 0 rings (SSSR count). The Kier molecular flexibility index (Phi) is 5.96. The van der Waals surface area contributed by atoms with Gasteiger partial charge in [0.15, 0.2) is 0 Å². The molecule has 1 atom stereocenters. The van der Waals surface area contributed by atoms with Crippen molar-refractivity contribution in [3.63, 3.8) is 0 Å². The van der Waals surface area contributed by atoms with Crippen LogP contribution in [-0.2, 0) is 13.8 Å². The van der Waals surface area contributed by atoms with E-state index < -0.39 is 19.4 Å². The number of carbonyl (C=O) groups is 1. The molecule has 7 nitrogen and oxygen atoms in total. The van der Waals surface area contributed by atoms with Gasteiger partial charge in [-0.2, -0.15) is 0 Å². The second-order valence-corrected chi connectivity index (χ2v) is 5.57. The van der Waals surface area contributed by atoms with E-state index in [9.17, 15) is 9.36 Å². The first kappa shape index (κ1) is 15.4. The first-order chi connectivity index (χ1) is 7.10. The van der Waals surface area contributed by atoms with Crippen molar-refractivity contribution in [3.8, 4) is 0 Å². The molecule has 0 aromatic carbocycles. The monoisotopic (exact) mass is 254 g/mol. The van der Waals surface area contributed by atoms with Crippen molar-refractivity contribution in [1.82, 2.24) is 5.32 Å². The van der Waals surface area contributed by atoms with Gasteiger partial charge in [-0.05, 0) is 27.2 Å². The van der Waals surface area contributed by atoms with Crippen molar-refractivity contribution in [3.05, 3.63) is 0 Å². The predicted molar refractivity (Wildman–Crippen MR) is 58.8 cm³/mol. The van der Waals surface area contributed by atoms with Crippen molar-refractivity contribution in [2.24, 2.45) is 5.50 Å². The zero-order valence-corrected chi connectivity index (χ0v) is 10.6. The zero-order chi connectivity index (χ0) is 12.8. The Morgan fingerprint density at radius 2 is 2.06 bits per heavy atom. The van der Waals surface area contributed by atoms with Crippen molar-refractivity contribution < 1.29 is 23.5 Å². The topological polar surface area (TPSA) is 111 Å². The van der Waals surface area contributed by atoms with Gasteiger partial charge >= 0.3 is 13.8 Å². The summed E-state index contributed by atoms with van der Waals surface area (Å²) in [5.74, 6) is 0. The van der Waals surface area contributed by atoms with Crippen LogP contribution < -0.4 is 10.8 Å². The van der Waals surface area contributed by atoms with E-state index in [1.54, 1.807) is 20.8 Å². The maximum absolute atomic E-state index is 11.1. The normalized spacial score (nSPS) is 15.3. The smallest absolute Gasteiger partial charge is 0.407 e. The molecule has 0 saturated heterocycles. The fourth-order valence-corrected chi connectivity index (χ4v) is 1.16. The van der Waals surface area contributed by atoms with E-state index in [1.807, 2.05) is 0 Å². The molecule has 0 spiro atoms. The van der Waals surface area contributed by atoms with Crippen molar-refractivity contribution in [2.45, 2.75) is 32.8 Å². The minimum Gasteiger partial charge on any atom is -0.444 e. The van der Waals surface area contributed by atoms with E-state index in [1.165, 1.54) is 0 Å². The van der Waals surface area contributed by atoms with E-state index >= 15 is 0 Å². The molecular weight excluding hydrogens is 235 g/mol. The van der Waals surface area contributed by atoms with Crippen molar-refractivity contribution in [1.29, 1.82) is 0 Å². The van der Waals surface area contributed by atoms with Crippen LogP contribution in [0.5, 0.6) is 0 Å². The first-order valence-corrected chi connectivity index (χ1v) is 6.47. The molecule has 0 fully saturated rings. The lowest BCUT2D eigenvalue weighted by molar-refractivity contribution is 0.0525. The molecule has 4 N–H and O–H groups in total. The third-order valence-corrected chi connectivity index (χ3v) is 1.82. The summed E-state index contributed by atoms with van der Waals surface area (Å²) in [6, 6.07) is 0. The summed E-state index contributed by atoms with van der Waals surface area (Å²) in [5, 5.41) is 2.47. The number of hydrogen-bond acceptors (Lipinski definition) is 4. The Morgan fingerprint density at radius 3 is 2.50 bits per heavy atom. The van der Waals surface area contributed by atoms with Crippen LogP contribution in [0.15, 0.2) is 0 Å². The molecule has 0 aliphatic carbocycles. The van der Waals surface area contributed by atoms with Gasteiger partial charge in [0.05, 0.1) is 6.61 Å². The van der Waals surface area contributed by atoms with Gasteiger partial charge in [-0.25, -0.2) is 14.9 Å². The minimum atomic E-state index is -3.91. The number of alkyl carbamates (subject to hydrolysis) is 1. The standard InChI is InChI=1S/C8H19N2O5P/c1-8(2,3)15-7(11)10-5-4-6-14-16(9,12)13/h4-6H2,1-3H3,(H,10,11)(H3,9,12,13). The highest BCUT2D eigenvalue weighted by Crippen LogP contribution is 2.30. The molecule has 96 valence electrons. The van der Waals surface area contributed by atoms with Gasteiger partial charge in [0.25, 0.3) is 0 Å². The molecule has 1 unspecified atom stereocenters. The lowest BCUT2D eigenvalue weighted by Gasteiger charge is -2.19. The Labute approximate surface area is 94.9 Å². The highest BCUT2D eigenvalue weighted by Gasteiger charge is 2.15. The number of amides is 1. The SMILES string of the molecule is CC(C)(C)OC(=O)NCCCOP(N)(=O)O. The van der Waals surface area contributed by atoms with Gasteiger partial charge in [0, 0.05) is 6.54 Å². The van der Waals surface area contributed by atoms with E-state index in [0.717, 1.165) is 0 Å². The van der Waals surface area contributed by atoms with E-state index in [4.69, 9.17) is 15.1 Å². The maximum Gasteiger partial charge on any atom is 0.407 e. The summed E-state index contributed by atoms with van der Waals surface area (Å²) < 4.78 is 19.9. The van der Waals surface area contributed by atoms with Crippen LogP contribution in [0.1, 0.15) is 27.2 Å². The minimum absolute atomic E-state index is 0.0000750. The summed E-state index contributed by atoms with van der Waals surface area (Å²) in [6.45, 7) is 5.55. The molecule has 16 heavy (non-hydrogen) atoms. The Balaban J connectivity index is 3.53. The highest BCUT2D eigenvalue weighted by molar-refractivity contribution is 7.50. The Hall–Kier alpha value is -0.620. The molecule has 1 amide bonds. The molecular formula is C8H19N2O5P. The predicted octanol–water partition coefficient (Wildman–Crippen LogP) is 0.977. The van der Waals surface area contributed by atoms with Gasteiger partial charge < -0.3 is 14.9 Å². The van der Waals surface area contributed by atoms with Gasteiger partial charge in [0.2, 0.25) is 0 Å². The van der Waals surface area contributed by atoms with Gasteiger partial charge in [0.1, 0.15) is 5.60 Å². The van der Waals surface area contributed by atoms with Crippen LogP contribution in [-0.4, -0.2) is 29.7 Å². The highest BCUT2D eigenvalue weighted by atomic mass is 31.2. The van der Waals surface area contributed by atoms with Gasteiger partial charge in [-0.1, -0.05) is 0 Å². The van der Waals surface area contributed by atoms with Crippen LogP contribution >= 0.6 is 7.75 Å². The summed E-state index contributed by atoms with van der Waals surface area (Å²) in [5.41, 5.74) is 4.19.